The smallest absolute Gasteiger partial charge is 0.255 e. The molecule has 0 saturated heterocycles. The summed E-state index contributed by atoms with van der Waals surface area (Å²) in [6, 6.07) is 0. The maximum atomic E-state index is 11.2. The molecular formula is C7H10Cl2N2O2S. The molecule has 1 rings (SSSR count). The molecule has 1 aromatic rings. The van der Waals surface area contributed by atoms with E-state index >= 15 is 0 Å². The zero-order valence-electron chi connectivity index (χ0n) is 7.95. The Morgan fingerprint density at radius 2 is 1.93 bits per heavy atom. The molecule has 0 spiro atoms. The van der Waals surface area contributed by atoms with Crippen molar-refractivity contribution >= 4 is 31.3 Å². The number of rotatable bonds is 2. The van der Waals surface area contributed by atoms with Crippen molar-refractivity contribution in [3.8, 4) is 0 Å². The number of hydrogen-bond donors (Lipinski definition) is 0. The Labute approximate surface area is 92.2 Å². The maximum Gasteiger partial charge on any atom is 0.266 e. The Balaban J connectivity index is 3.55. The second-order valence-corrected chi connectivity index (χ2v) is 6.08. The first-order valence-corrected chi connectivity index (χ1v) is 6.61. The van der Waals surface area contributed by atoms with E-state index in [1.54, 1.807) is 7.05 Å². The third kappa shape index (κ3) is 2.04. The highest BCUT2D eigenvalue weighted by molar-refractivity contribution is 8.13. The van der Waals surface area contributed by atoms with Crippen molar-refractivity contribution in [2.45, 2.75) is 24.7 Å². The van der Waals surface area contributed by atoms with Gasteiger partial charge in [0.2, 0.25) is 0 Å². The summed E-state index contributed by atoms with van der Waals surface area (Å²) in [7, 11) is 3.00. The molecule has 0 aromatic carbocycles. The summed E-state index contributed by atoms with van der Waals surface area (Å²) in [6.45, 7) is 3.65. The van der Waals surface area contributed by atoms with Crippen LogP contribution in [-0.4, -0.2) is 18.2 Å². The van der Waals surface area contributed by atoms with Crippen molar-refractivity contribution in [1.82, 2.24) is 9.78 Å². The van der Waals surface area contributed by atoms with E-state index in [9.17, 15) is 8.42 Å². The van der Waals surface area contributed by atoms with Gasteiger partial charge in [-0.15, -0.1) is 0 Å². The third-order valence-electron chi connectivity index (χ3n) is 1.75. The fourth-order valence-corrected chi connectivity index (χ4v) is 2.98. The molecular weight excluding hydrogens is 247 g/mol. The predicted octanol–water partition coefficient (Wildman–Crippen LogP) is 2.12. The molecule has 14 heavy (non-hydrogen) atoms. The van der Waals surface area contributed by atoms with E-state index in [-0.39, 0.29) is 16.0 Å². The predicted molar refractivity (Wildman–Crippen MR) is 55.3 cm³/mol. The number of aryl methyl sites for hydroxylation is 1. The van der Waals surface area contributed by atoms with Gasteiger partial charge < -0.3 is 0 Å². The first-order chi connectivity index (χ1) is 6.25. The molecule has 4 nitrogen and oxygen atoms in total. The van der Waals surface area contributed by atoms with Crippen LogP contribution < -0.4 is 0 Å². The Bertz CT molecular complexity index is 451. The van der Waals surface area contributed by atoms with Gasteiger partial charge in [-0.1, -0.05) is 25.4 Å². The van der Waals surface area contributed by atoms with E-state index in [0.29, 0.717) is 5.69 Å². The van der Waals surface area contributed by atoms with Gasteiger partial charge in [0.1, 0.15) is 10.0 Å². The van der Waals surface area contributed by atoms with E-state index in [2.05, 4.69) is 5.10 Å². The summed E-state index contributed by atoms with van der Waals surface area (Å²) < 4.78 is 23.7. The lowest BCUT2D eigenvalue weighted by Gasteiger charge is -2.01. The Morgan fingerprint density at radius 3 is 2.21 bits per heavy atom. The lowest BCUT2D eigenvalue weighted by atomic mass is 10.1. The lowest BCUT2D eigenvalue weighted by Crippen LogP contribution is -1.98. The molecule has 1 aromatic heterocycles. The molecule has 0 aliphatic rings. The largest absolute Gasteiger partial charge is 0.266 e. The minimum atomic E-state index is -3.83. The van der Waals surface area contributed by atoms with Crippen molar-refractivity contribution in [2.75, 3.05) is 0 Å². The average molecular weight is 257 g/mol. The fraction of sp³-hybridized carbons (Fsp3) is 0.571. The highest BCUT2D eigenvalue weighted by Gasteiger charge is 2.26. The minimum absolute atomic E-state index is 0.0442. The molecule has 0 aliphatic carbocycles. The van der Waals surface area contributed by atoms with E-state index in [1.165, 1.54) is 4.68 Å². The van der Waals surface area contributed by atoms with Gasteiger partial charge in [0, 0.05) is 17.7 Å². The van der Waals surface area contributed by atoms with Crippen LogP contribution in [-0.2, 0) is 16.1 Å². The zero-order valence-corrected chi connectivity index (χ0v) is 10.3. The van der Waals surface area contributed by atoms with Gasteiger partial charge in [-0.05, 0) is 5.92 Å². The van der Waals surface area contributed by atoms with Gasteiger partial charge in [-0.25, -0.2) is 8.42 Å². The van der Waals surface area contributed by atoms with Gasteiger partial charge in [0.15, 0.2) is 0 Å². The van der Waals surface area contributed by atoms with Gasteiger partial charge in [0.25, 0.3) is 9.05 Å². The molecule has 0 unspecified atom stereocenters. The topological polar surface area (TPSA) is 52.0 Å². The molecule has 0 N–H and O–H groups in total. The summed E-state index contributed by atoms with van der Waals surface area (Å²) >= 11 is 5.78. The molecule has 0 fully saturated rings. The molecule has 0 amide bonds. The van der Waals surface area contributed by atoms with E-state index in [0.717, 1.165) is 0 Å². The second kappa shape index (κ2) is 3.72. The van der Waals surface area contributed by atoms with Crippen molar-refractivity contribution in [2.24, 2.45) is 7.05 Å². The quantitative estimate of drug-likeness (QED) is 0.762. The molecule has 1 heterocycles. The van der Waals surface area contributed by atoms with Crippen LogP contribution in [0.4, 0.5) is 0 Å². The Morgan fingerprint density at radius 1 is 1.43 bits per heavy atom. The van der Waals surface area contributed by atoms with Crippen LogP contribution in [0.25, 0.3) is 0 Å². The van der Waals surface area contributed by atoms with Crippen LogP contribution >= 0.6 is 22.3 Å². The monoisotopic (exact) mass is 256 g/mol. The van der Waals surface area contributed by atoms with Crippen LogP contribution in [0, 0.1) is 0 Å². The van der Waals surface area contributed by atoms with Crippen molar-refractivity contribution in [3.63, 3.8) is 0 Å². The van der Waals surface area contributed by atoms with Gasteiger partial charge >= 0.3 is 0 Å². The highest BCUT2D eigenvalue weighted by Crippen LogP contribution is 2.31. The fourth-order valence-electron chi connectivity index (χ4n) is 1.11. The molecule has 0 saturated carbocycles. The first-order valence-electron chi connectivity index (χ1n) is 3.92. The normalized spacial score (nSPS) is 12.4. The van der Waals surface area contributed by atoms with E-state index < -0.39 is 9.05 Å². The second-order valence-electron chi connectivity index (χ2n) is 3.22. The molecule has 0 bridgehead atoms. The molecule has 0 aliphatic heterocycles. The van der Waals surface area contributed by atoms with Gasteiger partial charge in [0.05, 0.1) is 5.69 Å². The third-order valence-corrected chi connectivity index (χ3v) is 3.65. The number of halogens is 2. The summed E-state index contributed by atoms with van der Waals surface area (Å²) in [6.07, 6.45) is 0. The summed E-state index contributed by atoms with van der Waals surface area (Å²) in [4.78, 5) is -0.0849. The molecule has 80 valence electrons. The van der Waals surface area contributed by atoms with Crippen LogP contribution in [0.5, 0.6) is 0 Å². The molecule has 0 atom stereocenters. The van der Waals surface area contributed by atoms with Gasteiger partial charge in [-0.3, -0.25) is 4.68 Å². The SMILES string of the molecule is CC(C)c1nn(C)c(Cl)c1S(=O)(=O)Cl. The van der Waals surface area contributed by atoms with Gasteiger partial charge in [-0.2, -0.15) is 5.10 Å². The van der Waals surface area contributed by atoms with Crippen LogP contribution in [0.15, 0.2) is 4.90 Å². The van der Waals surface area contributed by atoms with E-state index in [1.807, 2.05) is 13.8 Å². The Hall–Kier alpha value is -0.260. The number of nitrogens with zero attached hydrogens (tertiary/aromatic N) is 2. The number of hydrogen-bond acceptors (Lipinski definition) is 3. The van der Waals surface area contributed by atoms with Crippen LogP contribution in [0.2, 0.25) is 5.15 Å². The van der Waals surface area contributed by atoms with Crippen molar-refractivity contribution < 1.29 is 8.42 Å². The lowest BCUT2D eigenvalue weighted by molar-refractivity contribution is 0.607. The van der Waals surface area contributed by atoms with Crippen LogP contribution in [0.1, 0.15) is 25.5 Å². The summed E-state index contributed by atoms with van der Waals surface area (Å²) in [5.74, 6) is -0.0442. The van der Waals surface area contributed by atoms with Crippen LogP contribution in [0.3, 0.4) is 0 Å². The molecule has 7 heteroatoms. The molecule has 0 radical (unpaired) electrons. The minimum Gasteiger partial charge on any atom is -0.255 e. The highest BCUT2D eigenvalue weighted by atomic mass is 35.7. The Kier molecular flexibility index (Phi) is 3.13. The summed E-state index contributed by atoms with van der Waals surface area (Å²) in [5, 5.41) is 4.04. The first kappa shape index (κ1) is 11.8. The summed E-state index contributed by atoms with van der Waals surface area (Å²) in [5.41, 5.74) is 0.396. The maximum absolute atomic E-state index is 11.2. The van der Waals surface area contributed by atoms with Crippen molar-refractivity contribution in [3.05, 3.63) is 10.8 Å². The zero-order chi connectivity index (χ0) is 11.1. The number of aromatic nitrogens is 2. The van der Waals surface area contributed by atoms with E-state index in [4.69, 9.17) is 22.3 Å². The van der Waals surface area contributed by atoms with Crippen molar-refractivity contribution in [1.29, 1.82) is 0 Å². The average Bonchev–Trinajstić information content (AvgIpc) is 2.27. The standard InChI is InChI=1S/C7H10Cl2N2O2S/c1-4(2)5-6(14(9,12)13)7(8)11(3)10-5/h4H,1-3H3.